The SMILES string of the molecule is CCN(CC(=O)NC)Cc1cc(F)cc(C#CCN)c1. The average molecular weight is 277 g/mol. The number of nitrogens with two attached hydrogens (primary N) is 1. The number of carbonyl (C=O) groups is 1. The molecule has 1 amide bonds. The molecule has 1 aromatic rings. The van der Waals surface area contributed by atoms with E-state index in [0.717, 1.165) is 5.56 Å². The Morgan fingerprint density at radius 3 is 2.80 bits per heavy atom. The van der Waals surface area contributed by atoms with E-state index in [0.29, 0.717) is 18.7 Å². The molecule has 3 N–H and O–H groups in total. The first kappa shape index (κ1) is 16.2. The fraction of sp³-hybridized carbons (Fsp3) is 0.400. The summed E-state index contributed by atoms with van der Waals surface area (Å²) >= 11 is 0. The normalized spacial score (nSPS) is 10.1. The van der Waals surface area contributed by atoms with Crippen molar-refractivity contribution in [3.8, 4) is 11.8 Å². The van der Waals surface area contributed by atoms with Gasteiger partial charge in [-0.1, -0.05) is 18.8 Å². The van der Waals surface area contributed by atoms with Crippen LogP contribution >= 0.6 is 0 Å². The van der Waals surface area contributed by atoms with Crippen molar-refractivity contribution in [2.45, 2.75) is 13.5 Å². The van der Waals surface area contributed by atoms with Gasteiger partial charge in [0, 0.05) is 19.2 Å². The van der Waals surface area contributed by atoms with E-state index in [1.165, 1.54) is 12.1 Å². The lowest BCUT2D eigenvalue weighted by Gasteiger charge is -2.19. The Hall–Kier alpha value is -1.90. The van der Waals surface area contributed by atoms with Gasteiger partial charge in [-0.2, -0.15) is 0 Å². The minimum atomic E-state index is -0.334. The molecular weight excluding hydrogens is 257 g/mol. The molecule has 0 atom stereocenters. The topological polar surface area (TPSA) is 58.4 Å². The minimum absolute atomic E-state index is 0.0635. The van der Waals surface area contributed by atoms with Crippen LogP contribution in [0, 0.1) is 17.7 Å². The lowest BCUT2D eigenvalue weighted by Crippen LogP contribution is -2.35. The number of carbonyl (C=O) groups excluding carboxylic acids is 1. The van der Waals surface area contributed by atoms with Crippen molar-refractivity contribution in [1.29, 1.82) is 0 Å². The van der Waals surface area contributed by atoms with Gasteiger partial charge in [-0.3, -0.25) is 9.69 Å². The standard InChI is InChI=1S/C15H20FN3O/c1-3-19(11-15(20)18-2)10-13-7-12(5-4-6-17)8-14(16)9-13/h7-9H,3,6,10-11,17H2,1-2H3,(H,18,20). The molecule has 0 fully saturated rings. The summed E-state index contributed by atoms with van der Waals surface area (Å²) in [5, 5.41) is 2.58. The Bertz CT molecular complexity index is 520. The zero-order valence-electron chi connectivity index (χ0n) is 11.9. The summed E-state index contributed by atoms with van der Waals surface area (Å²) < 4.78 is 13.5. The van der Waals surface area contributed by atoms with Crippen LogP contribution in [0.15, 0.2) is 18.2 Å². The van der Waals surface area contributed by atoms with Crippen molar-refractivity contribution >= 4 is 5.91 Å². The fourth-order valence-corrected chi connectivity index (χ4v) is 1.79. The van der Waals surface area contributed by atoms with E-state index in [-0.39, 0.29) is 24.8 Å². The number of nitrogens with one attached hydrogen (secondary N) is 1. The molecule has 0 aliphatic carbocycles. The summed E-state index contributed by atoms with van der Waals surface area (Å²) in [6.45, 7) is 3.68. The van der Waals surface area contributed by atoms with E-state index in [1.54, 1.807) is 7.05 Å². The Labute approximate surface area is 119 Å². The first-order valence-electron chi connectivity index (χ1n) is 6.50. The molecule has 0 unspecified atom stereocenters. The van der Waals surface area contributed by atoms with E-state index < -0.39 is 0 Å². The predicted octanol–water partition coefficient (Wildman–Crippen LogP) is 0.704. The van der Waals surface area contributed by atoms with Crippen LogP contribution in [0.25, 0.3) is 0 Å². The van der Waals surface area contributed by atoms with Crippen molar-refractivity contribution in [3.63, 3.8) is 0 Å². The molecule has 4 nitrogen and oxygen atoms in total. The molecule has 5 heteroatoms. The van der Waals surface area contributed by atoms with Crippen LogP contribution in [0.5, 0.6) is 0 Å². The zero-order valence-corrected chi connectivity index (χ0v) is 11.9. The highest BCUT2D eigenvalue weighted by Gasteiger charge is 2.09. The second-order valence-corrected chi connectivity index (χ2v) is 4.33. The van der Waals surface area contributed by atoms with Crippen molar-refractivity contribution in [2.24, 2.45) is 5.73 Å². The van der Waals surface area contributed by atoms with Crippen LogP contribution in [0.1, 0.15) is 18.1 Å². The monoisotopic (exact) mass is 277 g/mol. The number of halogens is 1. The number of hydrogen-bond acceptors (Lipinski definition) is 3. The van der Waals surface area contributed by atoms with Crippen LogP contribution in [-0.2, 0) is 11.3 Å². The largest absolute Gasteiger partial charge is 0.358 e. The molecule has 0 aliphatic heterocycles. The Balaban J connectivity index is 2.84. The third-order valence-electron chi connectivity index (χ3n) is 2.79. The molecule has 0 bridgehead atoms. The number of hydrogen-bond donors (Lipinski definition) is 2. The number of likely N-dealkylation sites (N-methyl/N-ethyl adjacent to an activating group) is 2. The molecule has 0 saturated heterocycles. The fourth-order valence-electron chi connectivity index (χ4n) is 1.79. The molecule has 20 heavy (non-hydrogen) atoms. The Morgan fingerprint density at radius 2 is 2.20 bits per heavy atom. The molecular formula is C15H20FN3O. The Kier molecular flexibility index (Phi) is 6.71. The lowest BCUT2D eigenvalue weighted by molar-refractivity contribution is -0.121. The van der Waals surface area contributed by atoms with Gasteiger partial charge in [-0.05, 0) is 30.3 Å². The van der Waals surface area contributed by atoms with Crippen molar-refractivity contribution in [1.82, 2.24) is 10.2 Å². The molecule has 0 saturated carbocycles. The molecule has 0 heterocycles. The predicted molar refractivity (Wildman–Crippen MR) is 77.4 cm³/mol. The minimum Gasteiger partial charge on any atom is -0.358 e. The van der Waals surface area contributed by atoms with Crippen molar-refractivity contribution in [3.05, 3.63) is 35.1 Å². The lowest BCUT2D eigenvalue weighted by atomic mass is 10.1. The highest BCUT2D eigenvalue weighted by atomic mass is 19.1. The summed E-state index contributed by atoms with van der Waals surface area (Å²) in [5.41, 5.74) is 6.69. The number of rotatable bonds is 5. The van der Waals surface area contributed by atoms with E-state index in [9.17, 15) is 9.18 Å². The highest BCUT2D eigenvalue weighted by molar-refractivity contribution is 5.77. The van der Waals surface area contributed by atoms with Crippen LogP contribution in [-0.4, -0.2) is 37.5 Å². The van der Waals surface area contributed by atoms with Gasteiger partial charge < -0.3 is 11.1 Å². The molecule has 108 valence electrons. The second-order valence-electron chi connectivity index (χ2n) is 4.33. The summed E-state index contributed by atoms with van der Waals surface area (Å²) in [6, 6.07) is 4.65. The highest BCUT2D eigenvalue weighted by Crippen LogP contribution is 2.11. The third kappa shape index (κ3) is 5.39. The van der Waals surface area contributed by atoms with E-state index in [1.807, 2.05) is 17.9 Å². The molecule has 0 spiro atoms. The van der Waals surface area contributed by atoms with Gasteiger partial charge in [0.15, 0.2) is 0 Å². The first-order valence-corrected chi connectivity index (χ1v) is 6.50. The molecule has 0 aliphatic rings. The van der Waals surface area contributed by atoms with Gasteiger partial charge >= 0.3 is 0 Å². The molecule has 1 aromatic carbocycles. The summed E-state index contributed by atoms with van der Waals surface area (Å²) in [6.07, 6.45) is 0. The van der Waals surface area contributed by atoms with Crippen LogP contribution in [0.3, 0.4) is 0 Å². The number of amides is 1. The molecule has 1 rings (SSSR count). The summed E-state index contributed by atoms with van der Waals surface area (Å²) in [7, 11) is 1.60. The zero-order chi connectivity index (χ0) is 15.0. The van der Waals surface area contributed by atoms with Crippen molar-refractivity contribution < 1.29 is 9.18 Å². The van der Waals surface area contributed by atoms with Crippen LogP contribution in [0.2, 0.25) is 0 Å². The summed E-state index contributed by atoms with van der Waals surface area (Å²) in [4.78, 5) is 13.3. The maximum Gasteiger partial charge on any atom is 0.233 e. The number of nitrogens with zero attached hydrogens (tertiary/aromatic N) is 1. The smallest absolute Gasteiger partial charge is 0.233 e. The third-order valence-corrected chi connectivity index (χ3v) is 2.79. The second kappa shape index (κ2) is 8.31. The van der Waals surface area contributed by atoms with Crippen LogP contribution in [0.4, 0.5) is 4.39 Å². The van der Waals surface area contributed by atoms with Gasteiger partial charge in [0.05, 0.1) is 13.1 Å². The van der Waals surface area contributed by atoms with Gasteiger partial charge in [0.25, 0.3) is 0 Å². The molecule has 0 radical (unpaired) electrons. The van der Waals surface area contributed by atoms with Gasteiger partial charge in [-0.25, -0.2) is 4.39 Å². The average Bonchev–Trinajstić information content (AvgIpc) is 2.43. The maximum absolute atomic E-state index is 13.5. The first-order chi connectivity index (χ1) is 9.58. The van der Waals surface area contributed by atoms with E-state index in [4.69, 9.17) is 5.73 Å². The van der Waals surface area contributed by atoms with Gasteiger partial charge in [0.1, 0.15) is 5.82 Å². The van der Waals surface area contributed by atoms with Crippen LogP contribution < -0.4 is 11.1 Å². The molecule has 0 aromatic heterocycles. The van der Waals surface area contributed by atoms with E-state index in [2.05, 4.69) is 17.2 Å². The summed E-state index contributed by atoms with van der Waals surface area (Å²) in [5.74, 6) is 5.12. The van der Waals surface area contributed by atoms with Crippen molar-refractivity contribution in [2.75, 3.05) is 26.7 Å². The maximum atomic E-state index is 13.5. The van der Waals surface area contributed by atoms with Gasteiger partial charge in [0.2, 0.25) is 5.91 Å². The quantitative estimate of drug-likeness (QED) is 0.779. The number of benzene rings is 1. The Morgan fingerprint density at radius 1 is 1.45 bits per heavy atom. The van der Waals surface area contributed by atoms with E-state index >= 15 is 0 Å². The van der Waals surface area contributed by atoms with Gasteiger partial charge in [-0.15, -0.1) is 0 Å².